The van der Waals surface area contributed by atoms with E-state index in [4.69, 9.17) is 15.0 Å². The number of anilines is 1. The number of nitrogens with zero attached hydrogens (tertiary/aromatic N) is 7. The maximum absolute atomic E-state index is 12.7. The number of phosphoric acid groups is 3. The van der Waals surface area contributed by atoms with E-state index >= 15 is 0 Å². The summed E-state index contributed by atoms with van der Waals surface area (Å²) in [6, 6.07) is 3.25. The molecule has 0 bridgehead atoms. The van der Waals surface area contributed by atoms with Gasteiger partial charge in [-0.05, 0) is 37.1 Å². The first kappa shape index (κ1) is 42.6. The van der Waals surface area contributed by atoms with Gasteiger partial charge in [0.25, 0.3) is 5.56 Å². The highest BCUT2D eigenvalue weighted by molar-refractivity contribution is 7.61. The Morgan fingerprint density at radius 3 is 2.35 bits per heavy atom. The SMILES string of the molecule is Cc1cc2nc3c(=O)[nH]c(=O)nc-3n(CC(O)C(O)C(O)COP(=O)(O)OP(=O)(O)OCC3OC(n4cnc5c(N)ncnc54)C(O)C3OP(=O)(O)O)c2cc1C. The normalized spacial score (nSPS) is 22.8. The molecule has 1 fully saturated rings. The first-order valence-corrected chi connectivity index (χ1v) is 20.7. The summed E-state index contributed by atoms with van der Waals surface area (Å²) in [5, 5.41) is 43.0. The number of aromatic amines is 1. The molecule has 2 aromatic heterocycles. The van der Waals surface area contributed by atoms with E-state index in [0.29, 0.717) is 0 Å². The number of nitrogens with two attached hydrogens (primary N) is 1. The number of aliphatic hydroxyl groups is 4. The molecular weight excluding hydrogens is 831 g/mol. The van der Waals surface area contributed by atoms with Crippen LogP contribution in [-0.4, -0.2) is 129 Å². The van der Waals surface area contributed by atoms with E-state index in [1.807, 2.05) is 4.98 Å². The Morgan fingerprint density at radius 2 is 1.65 bits per heavy atom. The number of aromatic nitrogens is 8. The topological polar surface area (TPSA) is 409 Å². The monoisotopic (exact) mass is 865 g/mol. The maximum Gasteiger partial charge on any atom is 0.481 e. The van der Waals surface area contributed by atoms with Crippen molar-refractivity contribution in [2.75, 3.05) is 18.9 Å². The quantitative estimate of drug-likeness (QED) is 0.0390. The molecule has 1 saturated heterocycles. The Morgan fingerprint density at radius 1 is 0.965 bits per heavy atom. The summed E-state index contributed by atoms with van der Waals surface area (Å²) in [5.41, 5.74) is 5.69. The Hall–Kier alpha value is -3.98. The summed E-state index contributed by atoms with van der Waals surface area (Å²) < 4.78 is 63.0. The van der Waals surface area contributed by atoms with Crippen LogP contribution in [0.5, 0.6) is 0 Å². The van der Waals surface area contributed by atoms with Crippen molar-refractivity contribution < 1.29 is 76.3 Å². The number of rotatable bonds is 15. The molecule has 3 aliphatic heterocycles. The molecule has 0 aliphatic carbocycles. The van der Waals surface area contributed by atoms with Crippen LogP contribution in [0.25, 0.3) is 33.7 Å². The second-order valence-corrected chi connectivity index (χ2v) is 16.9. The largest absolute Gasteiger partial charge is 0.481 e. The Kier molecular flexibility index (Phi) is 12.0. The highest BCUT2D eigenvalue weighted by Gasteiger charge is 2.50. The smallest absolute Gasteiger partial charge is 0.388 e. The summed E-state index contributed by atoms with van der Waals surface area (Å²) in [6.07, 6.45) is -11.4. The lowest BCUT2D eigenvalue weighted by atomic mass is 10.1. The first-order chi connectivity index (χ1) is 26.5. The molecule has 9 unspecified atom stereocenters. The minimum atomic E-state index is -5.67. The summed E-state index contributed by atoms with van der Waals surface area (Å²) in [5.74, 6) is -0.333. The van der Waals surface area contributed by atoms with Gasteiger partial charge in [0.05, 0.1) is 37.1 Å². The van der Waals surface area contributed by atoms with Crippen LogP contribution in [0.4, 0.5) is 5.82 Å². The number of hydrogen-bond donors (Lipinski definition) is 10. The third kappa shape index (κ3) is 9.34. The number of nitrogen functional groups attached to an aromatic ring is 1. The zero-order valence-corrected chi connectivity index (χ0v) is 31.9. The van der Waals surface area contributed by atoms with Gasteiger partial charge in [-0.3, -0.25) is 27.9 Å². The Bertz CT molecular complexity index is 2550. The van der Waals surface area contributed by atoms with Crippen molar-refractivity contribution >= 4 is 51.5 Å². The summed E-state index contributed by atoms with van der Waals surface area (Å²) >= 11 is 0. The number of aliphatic hydroxyl groups excluding tert-OH is 4. The fourth-order valence-electron chi connectivity index (χ4n) is 5.83. The van der Waals surface area contributed by atoms with Crippen LogP contribution >= 0.6 is 23.5 Å². The van der Waals surface area contributed by atoms with E-state index in [2.05, 4.69) is 38.3 Å². The number of imidazole rings is 1. The minimum absolute atomic E-state index is 0.00660. The molecule has 0 amide bonds. The van der Waals surface area contributed by atoms with Gasteiger partial charge in [-0.25, -0.2) is 38.4 Å². The van der Waals surface area contributed by atoms with Crippen LogP contribution in [0, 0.1) is 13.8 Å². The molecule has 57 heavy (non-hydrogen) atoms. The Labute approximate surface area is 317 Å². The number of nitrogens with one attached hydrogen (secondary N) is 1. The number of phosphoric ester groups is 3. The average molecular weight is 866 g/mol. The summed E-state index contributed by atoms with van der Waals surface area (Å²) in [6.45, 7) is 0.428. The van der Waals surface area contributed by atoms with Crippen LogP contribution in [0.3, 0.4) is 0 Å². The van der Waals surface area contributed by atoms with Gasteiger partial charge in [0.2, 0.25) is 0 Å². The number of benzene rings is 1. The van der Waals surface area contributed by atoms with Crippen LogP contribution in [-0.2, 0) is 42.9 Å². The zero-order chi connectivity index (χ0) is 41.8. The minimum Gasteiger partial charge on any atom is -0.388 e. The molecule has 1 aromatic carbocycles. The van der Waals surface area contributed by atoms with Crippen molar-refractivity contribution in [2.45, 2.75) is 63.2 Å². The molecule has 6 rings (SSSR count). The molecule has 0 saturated carbocycles. The lowest BCUT2D eigenvalue weighted by Gasteiger charge is -2.26. The van der Waals surface area contributed by atoms with Gasteiger partial charge < -0.3 is 55.0 Å². The van der Waals surface area contributed by atoms with Gasteiger partial charge in [0.15, 0.2) is 29.2 Å². The Balaban J connectivity index is 1.10. The maximum atomic E-state index is 12.7. The van der Waals surface area contributed by atoms with Crippen molar-refractivity contribution in [3.63, 3.8) is 0 Å². The molecule has 3 aliphatic rings. The van der Waals surface area contributed by atoms with Crippen LogP contribution < -0.4 is 17.0 Å². The summed E-state index contributed by atoms with van der Waals surface area (Å²) in [7, 11) is -16.7. The van der Waals surface area contributed by atoms with E-state index < -0.39 is 97.3 Å². The van der Waals surface area contributed by atoms with Crippen LogP contribution in [0.2, 0.25) is 0 Å². The molecule has 0 radical (unpaired) electrons. The van der Waals surface area contributed by atoms with E-state index in [-0.39, 0.29) is 39.5 Å². The average Bonchev–Trinajstić information content (AvgIpc) is 3.67. The molecule has 310 valence electrons. The highest BCUT2D eigenvalue weighted by atomic mass is 31.3. The summed E-state index contributed by atoms with van der Waals surface area (Å²) in [4.78, 5) is 85.6. The van der Waals surface area contributed by atoms with E-state index in [1.165, 1.54) is 4.57 Å². The van der Waals surface area contributed by atoms with E-state index in [9.17, 15) is 63.3 Å². The predicted octanol–water partition coefficient (Wildman–Crippen LogP) is -2.31. The van der Waals surface area contributed by atoms with Crippen molar-refractivity contribution in [3.8, 4) is 11.5 Å². The zero-order valence-electron chi connectivity index (χ0n) is 29.2. The molecule has 11 N–H and O–H groups in total. The second kappa shape index (κ2) is 16.0. The number of H-pyrrole nitrogens is 1. The van der Waals surface area contributed by atoms with Crippen molar-refractivity contribution in [1.29, 1.82) is 0 Å². The first-order valence-electron chi connectivity index (χ1n) is 16.2. The van der Waals surface area contributed by atoms with E-state index in [0.717, 1.165) is 28.3 Å². The van der Waals surface area contributed by atoms with Crippen LogP contribution in [0.1, 0.15) is 17.4 Å². The van der Waals surface area contributed by atoms with Gasteiger partial charge in [-0.1, -0.05) is 0 Å². The molecule has 27 nitrogen and oxygen atoms in total. The lowest BCUT2D eigenvalue weighted by molar-refractivity contribution is -0.0794. The fourth-order valence-corrected chi connectivity index (χ4v) is 8.50. The molecule has 9 atom stereocenters. The number of aryl methyl sites for hydroxylation is 2. The fraction of sp³-hybridized carbons (Fsp3) is 0.444. The van der Waals surface area contributed by atoms with Gasteiger partial charge in [0.1, 0.15) is 48.5 Å². The molecule has 3 aromatic rings. The van der Waals surface area contributed by atoms with Gasteiger partial charge in [-0.15, -0.1) is 0 Å². The lowest BCUT2D eigenvalue weighted by Crippen LogP contribution is -2.42. The number of hydrogen-bond acceptors (Lipinski definition) is 20. The van der Waals surface area contributed by atoms with Gasteiger partial charge in [-0.2, -0.15) is 9.29 Å². The van der Waals surface area contributed by atoms with Crippen molar-refractivity contribution in [2.24, 2.45) is 0 Å². The van der Waals surface area contributed by atoms with Crippen molar-refractivity contribution in [3.05, 3.63) is 56.8 Å². The highest BCUT2D eigenvalue weighted by Crippen LogP contribution is 2.61. The van der Waals surface area contributed by atoms with Crippen LogP contribution in [0.15, 0.2) is 34.4 Å². The molecule has 30 heteroatoms. The third-order valence-corrected chi connectivity index (χ3v) is 11.7. The molecule has 5 heterocycles. The molecule has 0 spiro atoms. The van der Waals surface area contributed by atoms with E-state index in [1.54, 1.807) is 26.0 Å². The number of ether oxygens (including phenoxy) is 1. The standard InChI is InChI=1S/C27H34N9O18P3/c1-10-3-12-13(4-11(10)2)35(24-18(32-12)25(41)34-27(42)33-24)5-14(37)19(39)15(38)6-50-56(46,47)54-57(48,49)51-7-16-21(53-55(43,44)45)20(40)26(52-16)36-9-31-17-22(28)29-8-30-23(17)36/h3-4,8-9,14-16,19-21,26,37-40H,5-7H2,1-2H3,(H,46,47)(H,48,49)(H2,28,29,30)(H,34,41,42)(H2,43,44,45). The third-order valence-electron chi connectivity index (χ3n) is 8.63. The molecular formula is C27H34N9O18P3. The van der Waals surface area contributed by atoms with Gasteiger partial charge in [0, 0.05) is 0 Å². The van der Waals surface area contributed by atoms with Crippen molar-refractivity contribution in [1.82, 2.24) is 39.0 Å². The predicted molar refractivity (Wildman–Crippen MR) is 188 cm³/mol. The second-order valence-electron chi connectivity index (χ2n) is 12.6. The van der Waals surface area contributed by atoms with Gasteiger partial charge >= 0.3 is 29.2 Å². The number of fused-ring (bicyclic) bond motifs is 3.